The number of carbonyl (C=O) groups excluding carboxylic acids is 3. The van der Waals surface area contributed by atoms with Crippen molar-refractivity contribution in [2.45, 2.75) is 0 Å². The molecule has 2 aromatic rings. The highest BCUT2D eigenvalue weighted by atomic mass is 16.3. The van der Waals surface area contributed by atoms with Crippen molar-refractivity contribution in [2.24, 2.45) is 5.92 Å². The van der Waals surface area contributed by atoms with E-state index >= 15 is 0 Å². The van der Waals surface area contributed by atoms with Gasteiger partial charge >= 0.3 is 0 Å². The number of aliphatic hydroxyl groups excluding tert-OH is 1. The van der Waals surface area contributed by atoms with Gasteiger partial charge in [-0.25, -0.2) is 0 Å². The predicted octanol–water partition coefficient (Wildman–Crippen LogP) is 3.00. The molecule has 0 saturated carbocycles. The number of aromatic nitrogens is 1. The smallest absolute Gasteiger partial charge is 0.210 e. The molecule has 0 spiro atoms. The molecule has 0 radical (unpaired) electrons. The highest BCUT2D eigenvalue weighted by Crippen LogP contribution is 2.41. The molecule has 1 unspecified atom stereocenters. The molecule has 3 aliphatic carbocycles. The van der Waals surface area contributed by atoms with Crippen LogP contribution in [0.1, 0.15) is 48.0 Å². The van der Waals surface area contributed by atoms with Crippen LogP contribution in [-0.4, -0.2) is 27.4 Å². The molecule has 0 bridgehead atoms. The second-order valence-corrected chi connectivity index (χ2v) is 6.22. The topological polar surface area (TPSA) is 87.2 Å². The van der Waals surface area contributed by atoms with Crippen molar-refractivity contribution >= 4 is 23.1 Å². The first-order chi connectivity index (χ1) is 12.1. The zero-order chi connectivity index (χ0) is 17.3. The van der Waals surface area contributed by atoms with Crippen LogP contribution in [0.15, 0.2) is 54.1 Å². The van der Waals surface area contributed by atoms with Gasteiger partial charge in [-0.15, -0.1) is 0 Å². The Morgan fingerprint density at radius 3 is 2.36 bits per heavy atom. The Morgan fingerprint density at radius 2 is 1.60 bits per heavy atom. The van der Waals surface area contributed by atoms with Crippen LogP contribution in [0, 0.1) is 5.92 Å². The van der Waals surface area contributed by atoms with Gasteiger partial charge in [-0.3, -0.25) is 14.4 Å². The second kappa shape index (κ2) is 4.54. The third-order valence-electron chi connectivity index (χ3n) is 4.94. The quantitative estimate of drug-likeness (QED) is 0.664. The van der Waals surface area contributed by atoms with E-state index in [2.05, 4.69) is 4.98 Å². The molecular weight excluding hydrogens is 318 g/mol. The molecule has 2 N–H and O–H groups in total. The lowest BCUT2D eigenvalue weighted by Crippen LogP contribution is -2.24. The van der Waals surface area contributed by atoms with E-state index in [-0.39, 0.29) is 51.2 Å². The predicted molar refractivity (Wildman–Crippen MR) is 89.7 cm³/mol. The Bertz CT molecular complexity index is 1110. The lowest BCUT2D eigenvalue weighted by atomic mass is 9.79. The Hall–Kier alpha value is -3.47. The zero-order valence-electron chi connectivity index (χ0n) is 12.9. The first kappa shape index (κ1) is 13.9. The first-order valence-corrected chi connectivity index (χ1v) is 7.86. The summed E-state index contributed by atoms with van der Waals surface area (Å²) in [4.78, 5) is 41.4. The fourth-order valence-corrected chi connectivity index (χ4v) is 3.76. The van der Waals surface area contributed by atoms with E-state index in [1.165, 1.54) is 0 Å². The molecule has 5 heteroatoms. The highest BCUT2D eigenvalue weighted by molar-refractivity contribution is 6.30. The molecule has 1 aromatic carbocycles. The second-order valence-electron chi connectivity index (χ2n) is 6.22. The molecule has 120 valence electrons. The number of hydrogen-bond acceptors (Lipinski definition) is 4. The molecule has 5 rings (SSSR count). The molecule has 1 aromatic heterocycles. The largest absolute Gasteiger partial charge is 0.507 e. The maximum atomic E-state index is 12.9. The number of nitrogens with one attached hydrogen (secondary N) is 1. The summed E-state index contributed by atoms with van der Waals surface area (Å²) in [5.74, 6) is -1.71. The molecule has 5 nitrogen and oxygen atoms in total. The maximum Gasteiger partial charge on any atom is 0.210 e. The number of carbonyl (C=O) groups is 3. The summed E-state index contributed by atoms with van der Waals surface area (Å²) in [6, 6.07) is 6.54. The van der Waals surface area contributed by atoms with Gasteiger partial charge in [0.2, 0.25) is 5.78 Å². The molecule has 0 saturated heterocycles. The fourth-order valence-electron chi connectivity index (χ4n) is 3.76. The van der Waals surface area contributed by atoms with Gasteiger partial charge in [0.1, 0.15) is 5.76 Å². The Kier molecular flexibility index (Phi) is 2.53. The van der Waals surface area contributed by atoms with Crippen LogP contribution in [0.5, 0.6) is 0 Å². The minimum Gasteiger partial charge on any atom is -0.507 e. The van der Waals surface area contributed by atoms with E-state index in [0.717, 1.165) is 0 Å². The molecule has 0 amide bonds. The van der Waals surface area contributed by atoms with Crippen LogP contribution in [0.25, 0.3) is 5.76 Å². The molecule has 25 heavy (non-hydrogen) atoms. The first-order valence-electron chi connectivity index (χ1n) is 7.86. The molecular formula is C20H11NO4. The molecule has 1 atom stereocenters. The third-order valence-corrected chi connectivity index (χ3v) is 4.94. The van der Waals surface area contributed by atoms with E-state index < -0.39 is 5.92 Å². The molecule has 1 heterocycles. The fraction of sp³-hybridized carbons (Fsp3) is 0.0500. The van der Waals surface area contributed by atoms with Gasteiger partial charge < -0.3 is 10.1 Å². The minimum atomic E-state index is -0.606. The van der Waals surface area contributed by atoms with Crippen LogP contribution in [-0.2, 0) is 0 Å². The number of fused-ring (bicyclic) bond motifs is 5. The number of H-pyrrole nitrogens is 1. The number of ketones is 3. The SMILES string of the molecule is O=C1c2ccccc2C(=O)c2c1[nH]c1c2C(O)=C2C=CC=CC2C1=O. The summed E-state index contributed by atoms with van der Waals surface area (Å²) in [6.45, 7) is 0. The Balaban J connectivity index is 1.84. The number of allylic oxidation sites excluding steroid dienone is 5. The van der Waals surface area contributed by atoms with Crippen molar-refractivity contribution in [3.63, 3.8) is 0 Å². The summed E-state index contributed by atoms with van der Waals surface area (Å²) >= 11 is 0. The van der Waals surface area contributed by atoms with Crippen molar-refractivity contribution in [1.82, 2.24) is 4.98 Å². The summed E-state index contributed by atoms with van der Waals surface area (Å²) in [5, 5.41) is 10.7. The average molecular weight is 329 g/mol. The average Bonchev–Trinajstić information content (AvgIpc) is 3.06. The van der Waals surface area contributed by atoms with E-state index in [4.69, 9.17) is 0 Å². The van der Waals surface area contributed by atoms with Crippen molar-refractivity contribution in [3.05, 3.63) is 87.8 Å². The highest BCUT2D eigenvalue weighted by Gasteiger charge is 2.42. The molecule has 3 aliphatic rings. The standard InChI is InChI=1S/C20H11NO4/c22-17-9-5-1-3-7-11(9)19(24)15-13(17)14-16(21-15)20(25)12-8-4-2-6-10(12)18(14)23/h1-8,11,21-22H. The van der Waals surface area contributed by atoms with Crippen LogP contribution in [0.4, 0.5) is 0 Å². The van der Waals surface area contributed by atoms with Crippen LogP contribution >= 0.6 is 0 Å². The van der Waals surface area contributed by atoms with Crippen molar-refractivity contribution in [3.8, 4) is 0 Å². The summed E-state index contributed by atoms with van der Waals surface area (Å²) in [5.41, 5.74) is 1.44. The van der Waals surface area contributed by atoms with Crippen molar-refractivity contribution in [1.29, 1.82) is 0 Å². The van der Waals surface area contributed by atoms with E-state index in [1.54, 1.807) is 48.6 Å². The van der Waals surface area contributed by atoms with E-state index in [9.17, 15) is 19.5 Å². The van der Waals surface area contributed by atoms with Crippen LogP contribution in [0.2, 0.25) is 0 Å². The van der Waals surface area contributed by atoms with Gasteiger partial charge in [-0.05, 0) is 0 Å². The third kappa shape index (κ3) is 1.59. The summed E-state index contributed by atoms with van der Waals surface area (Å²) in [7, 11) is 0. The number of benzene rings is 1. The van der Waals surface area contributed by atoms with Gasteiger partial charge in [0.25, 0.3) is 0 Å². The van der Waals surface area contributed by atoms with Gasteiger partial charge in [-0.2, -0.15) is 0 Å². The maximum absolute atomic E-state index is 12.9. The number of aromatic amines is 1. The van der Waals surface area contributed by atoms with Crippen LogP contribution in [0.3, 0.4) is 0 Å². The number of rotatable bonds is 0. The van der Waals surface area contributed by atoms with Crippen LogP contribution < -0.4 is 0 Å². The zero-order valence-corrected chi connectivity index (χ0v) is 12.9. The number of Topliss-reactive ketones (excluding diaryl/α,β-unsaturated/α-hetero) is 1. The van der Waals surface area contributed by atoms with E-state index in [0.29, 0.717) is 11.1 Å². The summed E-state index contributed by atoms with van der Waals surface area (Å²) < 4.78 is 0. The van der Waals surface area contributed by atoms with Crippen molar-refractivity contribution in [2.75, 3.05) is 0 Å². The Morgan fingerprint density at radius 1 is 0.880 bits per heavy atom. The van der Waals surface area contributed by atoms with Gasteiger partial charge in [-0.1, -0.05) is 48.6 Å². The van der Waals surface area contributed by atoms with Gasteiger partial charge in [0.05, 0.1) is 28.4 Å². The lowest BCUT2D eigenvalue weighted by molar-refractivity contribution is 0.0953. The van der Waals surface area contributed by atoms with Gasteiger partial charge in [0, 0.05) is 16.7 Å². The normalized spacial score (nSPS) is 20.3. The number of hydrogen-bond donors (Lipinski definition) is 2. The minimum absolute atomic E-state index is 0.0702. The van der Waals surface area contributed by atoms with E-state index in [1.807, 2.05) is 0 Å². The summed E-state index contributed by atoms with van der Waals surface area (Å²) in [6.07, 6.45) is 6.80. The number of aliphatic hydroxyl groups is 1. The molecule has 0 fully saturated rings. The van der Waals surface area contributed by atoms with Gasteiger partial charge in [0.15, 0.2) is 11.6 Å². The lowest BCUT2D eigenvalue weighted by Gasteiger charge is -2.23. The van der Waals surface area contributed by atoms with Crippen molar-refractivity contribution < 1.29 is 19.5 Å². The molecule has 0 aliphatic heterocycles. The monoisotopic (exact) mass is 329 g/mol. The Labute approximate surface area is 142 Å².